The second-order valence-electron chi connectivity index (χ2n) is 6.44. The third kappa shape index (κ3) is 3.13. The van der Waals surface area contributed by atoms with Gasteiger partial charge in [0, 0.05) is 36.9 Å². The highest BCUT2D eigenvalue weighted by molar-refractivity contribution is 5.39. The molecule has 1 aromatic carbocycles. The quantitative estimate of drug-likeness (QED) is 0.842. The summed E-state index contributed by atoms with van der Waals surface area (Å²) in [7, 11) is 1.73. The number of methoxy groups -OCH3 is 1. The maximum Gasteiger partial charge on any atom is 0.119 e. The molecule has 0 saturated heterocycles. The smallest absolute Gasteiger partial charge is 0.119 e. The number of benzene rings is 1. The Labute approximate surface area is 139 Å². The van der Waals surface area contributed by atoms with Crippen molar-refractivity contribution in [2.45, 2.75) is 52.7 Å². The number of hydrogen-bond donors (Lipinski definition) is 0. The standard InChI is InChI=1S/C19H27N3O/c1-5-9-22-14(2)17(12-20-22)13-21-10-8-16-6-7-18(23-4)11-19(16)15(21)3/h6-7,11-12,15H,5,8-10,13H2,1-4H3/t15-/m0/s1. The van der Waals surface area contributed by atoms with Crippen LogP contribution in [0.3, 0.4) is 0 Å². The van der Waals surface area contributed by atoms with E-state index in [1.54, 1.807) is 7.11 Å². The molecule has 4 nitrogen and oxygen atoms in total. The van der Waals surface area contributed by atoms with Gasteiger partial charge in [0.15, 0.2) is 0 Å². The van der Waals surface area contributed by atoms with Gasteiger partial charge in [-0.1, -0.05) is 13.0 Å². The van der Waals surface area contributed by atoms with E-state index in [-0.39, 0.29) is 0 Å². The van der Waals surface area contributed by atoms with Crippen LogP contribution in [-0.4, -0.2) is 28.3 Å². The molecule has 0 amide bonds. The Bertz CT molecular complexity index is 677. The Morgan fingerprint density at radius 3 is 2.91 bits per heavy atom. The topological polar surface area (TPSA) is 30.3 Å². The summed E-state index contributed by atoms with van der Waals surface area (Å²) in [6, 6.07) is 6.88. The summed E-state index contributed by atoms with van der Waals surface area (Å²) in [4.78, 5) is 2.54. The molecular formula is C19H27N3O. The highest BCUT2D eigenvalue weighted by Gasteiger charge is 2.25. The number of aromatic nitrogens is 2. The zero-order valence-electron chi connectivity index (χ0n) is 14.7. The van der Waals surface area contributed by atoms with Crippen LogP contribution in [0.5, 0.6) is 5.75 Å². The van der Waals surface area contributed by atoms with Gasteiger partial charge in [-0.25, -0.2) is 0 Å². The minimum absolute atomic E-state index is 0.405. The minimum Gasteiger partial charge on any atom is -0.497 e. The monoisotopic (exact) mass is 313 g/mol. The van der Waals surface area contributed by atoms with E-state index in [2.05, 4.69) is 53.7 Å². The number of aryl methyl sites for hydroxylation is 1. The van der Waals surface area contributed by atoms with Crippen LogP contribution in [-0.2, 0) is 19.5 Å². The van der Waals surface area contributed by atoms with Crippen molar-refractivity contribution in [1.82, 2.24) is 14.7 Å². The van der Waals surface area contributed by atoms with Crippen LogP contribution in [0.1, 0.15) is 48.7 Å². The highest BCUT2D eigenvalue weighted by atomic mass is 16.5. The predicted molar refractivity (Wildman–Crippen MR) is 92.8 cm³/mol. The van der Waals surface area contributed by atoms with Gasteiger partial charge in [0.1, 0.15) is 5.75 Å². The van der Waals surface area contributed by atoms with E-state index >= 15 is 0 Å². The van der Waals surface area contributed by atoms with Crippen molar-refractivity contribution in [2.75, 3.05) is 13.7 Å². The second kappa shape index (κ2) is 6.75. The average Bonchev–Trinajstić information content (AvgIpc) is 2.91. The molecule has 0 bridgehead atoms. The molecular weight excluding hydrogens is 286 g/mol. The zero-order valence-corrected chi connectivity index (χ0v) is 14.7. The first kappa shape index (κ1) is 16.1. The van der Waals surface area contributed by atoms with Crippen LogP contribution in [0.15, 0.2) is 24.4 Å². The molecule has 1 aliphatic heterocycles. The lowest BCUT2D eigenvalue weighted by atomic mass is 9.93. The largest absolute Gasteiger partial charge is 0.497 e. The number of ether oxygens (including phenoxy) is 1. The van der Waals surface area contributed by atoms with Crippen LogP contribution in [0, 0.1) is 6.92 Å². The van der Waals surface area contributed by atoms with Gasteiger partial charge >= 0.3 is 0 Å². The Morgan fingerprint density at radius 1 is 1.35 bits per heavy atom. The van der Waals surface area contributed by atoms with Gasteiger partial charge in [0.25, 0.3) is 0 Å². The summed E-state index contributed by atoms with van der Waals surface area (Å²) in [5, 5.41) is 4.54. The Balaban J connectivity index is 1.79. The van der Waals surface area contributed by atoms with Crippen LogP contribution in [0.2, 0.25) is 0 Å². The lowest BCUT2D eigenvalue weighted by Gasteiger charge is -2.35. The average molecular weight is 313 g/mol. The summed E-state index contributed by atoms with van der Waals surface area (Å²) in [6.07, 6.45) is 4.26. The molecule has 1 aliphatic rings. The molecule has 124 valence electrons. The van der Waals surface area contributed by atoms with Crippen LogP contribution in [0.4, 0.5) is 0 Å². The highest BCUT2D eigenvalue weighted by Crippen LogP contribution is 2.33. The first-order valence-corrected chi connectivity index (χ1v) is 8.56. The molecule has 0 saturated carbocycles. The molecule has 0 unspecified atom stereocenters. The van der Waals surface area contributed by atoms with E-state index in [9.17, 15) is 0 Å². The molecule has 0 spiro atoms. The van der Waals surface area contributed by atoms with E-state index in [0.717, 1.165) is 38.2 Å². The van der Waals surface area contributed by atoms with Gasteiger partial charge in [-0.05, 0) is 49.9 Å². The minimum atomic E-state index is 0.405. The molecule has 23 heavy (non-hydrogen) atoms. The SMILES string of the molecule is CCCn1ncc(CN2CCc3ccc(OC)cc3[C@@H]2C)c1C. The Kier molecular flexibility index (Phi) is 4.71. The fourth-order valence-corrected chi connectivity index (χ4v) is 3.48. The maximum absolute atomic E-state index is 5.40. The molecule has 1 aromatic heterocycles. The summed E-state index contributed by atoms with van der Waals surface area (Å²) in [6.45, 7) is 9.73. The van der Waals surface area contributed by atoms with Gasteiger partial charge in [-0.2, -0.15) is 5.10 Å². The van der Waals surface area contributed by atoms with Crippen molar-refractivity contribution in [2.24, 2.45) is 0 Å². The summed E-state index contributed by atoms with van der Waals surface area (Å²) in [5.74, 6) is 0.949. The van der Waals surface area contributed by atoms with Crippen LogP contribution >= 0.6 is 0 Å². The van der Waals surface area contributed by atoms with E-state index in [4.69, 9.17) is 4.74 Å². The zero-order chi connectivity index (χ0) is 16.4. The first-order valence-electron chi connectivity index (χ1n) is 8.56. The molecule has 2 heterocycles. The fraction of sp³-hybridized carbons (Fsp3) is 0.526. The van der Waals surface area contributed by atoms with E-state index < -0.39 is 0 Å². The van der Waals surface area contributed by atoms with Crippen LogP contribution < -0.4 is 4.74 Å². The predicted octanol–water partition coefficient (Wildman–Crippen LogP) is 3.73. The third-order valence-corrected chi connectivity index (χ3v) is 5.03. The molecule has 0 fully saturated rings. The number of hydrogen-bond acceptors (Lipinski definition) is 3. The van der Waals surface area contributed by atoms with Crippen molar-refractivity contribution in [1.29, 1.82) is 0 Å². The molecule has 0 radical (unpaired) electrons. The van der Waals surface area contributed by atoms with Crippen molar-refractivity contribution in [3.63, 3.8) is 0 Å². The second-order valence-corrected chi connectivity index (χ2v) is 6.44. The van der Waals surface area contributed by atoms with Crippen molar-refractivity contribution >= 4 is 0 Å². The molecule has 4 heteroatoms. The van der Waals surface area contributed by atoms with E-state index in [0.29, 0.717) is 6.04 Å². The number of fused-ring (bicyclic) bond motifs is 1. The Morgan fingerprint density at radius 2 is 2.17 bits per heavy atom. The molecule has 2 aromatic rings. The molecule has 0 N–H and O–H groups in total. The number of nitrogens with zero attached hydrogens (tertiary/aromatic N) is 3. The van der Waals surface area contributed by atoms with E-state index in [1.807, 2.05) is 6.20 Å². The fourth-order valence-electron chi connectivity index (χ4n) is 3.48. The maximum atomic E-state index is 5.40. The normalized spacial score (nSPS) is 18.0. The van der Waals surface area contributed by atoms with Gasteiger partial charge in [-0.3, -0.25) is 9.58 Å². The molecule has 0 aliphatic carbocycles. The van der Waals surface area contributed by atoms with Gasteiger partial charge < -0.3 is 4.74 Å². The van der Waals surface area contributed by atoms with Gasteiger partial charge in [0.05, 0.1) is 13.3 Å². The molecule has 1 atom stereocenters. The third-order valence-electron chi connectivity index (χ3n) is 5.03. The Hall–Kier alpha value is -1.81. The first-order chi connectivity index (χ1) is 11.1. The summed E-state index contributed by atoms with van der Waals surface area (Å²) < 4.78 is 7.53. The summed E-state index contributed by atoms with van der Waals surface area (Å²) in [5.41, 5.74) is 5.49. The van der Waals surface area contributed by atoms with Crippen molar-refractivity contribution < 1.29 is 4.74 Å². The number of rotatable bonds is 5. The van der Waals surface area contributed by atoms with Gasteiger partial charge in [-0.15, -0.1) is 0 Å². The van der Waals surface area contributed by atoms with Crippen molar-refractivity contribution in [3.8, 4) is 5.75 Å². The van der Waals surface area contributed by atoms with Gasteiger partial charge in [0.2, 0.25) is 0 Å². The summed E-state index contributed by atoms with van der Waals surface area (Å²) >= 11 is 0. The van der Waals surface area contributed by atoms with E-state index in [1.165, 1.54) is 22.4 Å². The lowest BCUT2D eigenvalue weighted by Crippen LogP contribution is -2.33. The molecule has 3 rings (SSSR count). The van der Waals surface area contributed by atoms with Crippen molar-refractivity contribution in [3.05, 3.63) is 46.8 Å². The lowest BCUT2D eigenvalue weighted by molar-refractivity contribution is 0.189. The van der Waals surface area contributed by atoms with Crippen LogP contribution in [0.25, 0.3) is 0 Å².